The van der Waals surface area contributed by atoms with Gasteiger partial charge in [0.05, 0.1) is 18.8 Å². The van der Waals surface area contributed by atoms with Crippen molar-refractivity contribution in [1.82, 2.24) is 0 Å². The Morgan fingerprint density at radius 2 is 1.72 bits per heavy atom. The SMILES string of the molecule is CCOC(=O)c1c(-c2ccc(C)cc2)csc1NC(=O)c1ccccc1OCC. The molecule has 0 aliphatic rings. The van der Waals surface area contributed by atoms with Crippen molar-refractivity contribution < 1.29 is 19.1 Å². The number of anilines is 1. The Hall–Kier alpha value is -3.12. The molecular formula is C23H23NO4S. The van der Waals surface area contributed by atoms with Crippen LogP contribution in [0.3, 0.4) is 0 Å². The fourth-order valence-electron chi connectivity index (χ4n) is 2.91. The van der Waals surface area contributed by atoms with Crippen LogP contribution in [-0.4, -0.2) is 25.1 Å². The van der Waals surface area contributed by atoms with Crippen molar-refractivity contribution in [3.8, 4) is 16.9 Å². The summed E-state index contributed by atoms with van der Waals surface area (Å²) in [4.78, 5) is 25.6. The number of aryl methyl sites for hydroxylation is 1. The van der Waals surface area contributed by atoms with Crippen LogP contribution in [0.1, 0.15) is 40.1 Å². The van der Waals surface area contributed by atoms with Crippen LogP contribution in [0.5, 0.6) is 5.75 Å². The van der Waals surface area contributed by atoms with Crippen LogP contribution in [0.4, 0.5) is 5.00 Å². The summed E-state index contributed by atoms with van der Waals surface area (Å²) in [6.45, 7) is 6.33. The predicted octanol–water partition coefficient (Wildman–Crippen LogP) is 5.55. The third kappa shape index (κ3) is 4.66. The Kier molecular flexibility index (Phi) is 6.67. The van der Waals surface area contributed by atoms with Crippen LogP contribution in [0.2, 0.25) is 0 Å². The first-order valence-corrected chi connectivity index (χ1v) is 10.3. The molecular weight excluding hydrogens is 386 g/mol. The smallest absolute Gasteiger partial charge is 0.341 e. The molecule has 29 heavy (non-hydrogen) atoms. The van der Waals surface area contributed by atoms with Gasteiger partial charge in [0.25, 0.3) is 5.91 Å². The number of benzene rings is 2. The summed E-state index contributed by atoms with van der Waals surface area (Å²) >= 11 is 1.30. The number of para-hydroxylation sites is 1. The lowest BCUT2D eigenvalue weighted by atomic mass is 10.0. The molecule has 0 bridgehead atoms. The molecule has 0 saturated heterocycles. The number of esters is 1. The molecule has 1 aromatic heterocycles. The zero-order valence-corrected chi connectivity index (χ0v) is 17.5. The van der Waals surface area contributed by atoms with E-state index in [1.165, 1.54) is 11.3 Å². The van der Waals surface area contributed by atoms with Gasteiger partial charge in [-0.15, -0.1) is 11.3 Å². The standard InChI is InChI=1S/C23H23NO4S/c1-4-27-19-9-7-6-8-17(19)21(25)24-22-20(23(26)28-5-2)18(14-29-22)16-12-10-15(3)11-13-16/h6-14H,4-5H2,1-3H3,(H,24,25). The zero-order valence-electron chi connectivity index (χ0n) is 16.7. The minimum atomic E-state index is -0.460. The minimum Gasteiger partial charge on any atom is -0.493 e. The molecule has 3 aromatic rings. The van der Waals surface area contributed by atoms with E-state index in [1.807, 2.05) is 49.6 Å². The number of thiophene rings is 1. The number of rotatable bonds is 7. The first-order chi connectivity index (χ1) is 14.0. The average molecular weight is 410 g/mol. The zero-order chi connectivity index (χ0) is 20.8. The predicted molar refractivity (Wildman–Crippen MR) is 116 cm³/mol. The van der Waals surface area contributed by atoms with E-state index in [0.29, 0.717) is 28.5 Å². The molecule has 0 radical (unpaired) electrons. The van der Waals surface area contributed by atoms with E-state index in [4.69, 9.17) is 9.47 Å². The van der Waals surface area contributed by atoms with Gasteiger partial charge in [0.2, 0.25) is 0 Å². The van der Waals surface area contributed by atoms with E-state index >= 15 is 0 Å². The van der Waals surface area contributed by atoms with Crippen molar-refractivity contribution in [2.75, 3.05) is 18.5 Å². The van der Waals surface area contributed by atoms with Crippen LogP contribution in [-0.2, 0) is 4.74 Å². The maximum atomic E-state index is 12.9. The molecule has 6 heteroatoms. The van der Waals surface area contributed by atoms with Gasteiger partial charge in [0.1, 0.15) is 16.3 Å². The van der Waals surface area contributed by atoms with Crippen molar-refractivity contribution in [1.29, 1.82) is 0 Å². The second-order valence-corrected chi connectivity index (χ2v) is 7.20. The second kappa shape index (κ2) is 9.39. The Morgan fingerprint density at radius 1 is 1.00 bits per heavy atom. The fourth-order valence-corrected chi connectivity index (χ4v) is 3.86. The largest absolute Gasteiger partial charge is 0.493 e. The highest BCUT2D eigenvalue weighted by molar-refractivity contribution is 7.15. The van der Waals surface area contributed by atoms with Crippen LogP contribution in [0.15, 0.2) is 53.9 Å². The molecule has 1 N–H and O–H groups in total. The first-order valence-electron chi connectivity index (χ1n) is 9.44. The lowest BCUT2D eigenvalue weighted by Gasteiger charge is -2.11. The van der Waals surface area contributed by atoms with Gasteiger partial charge in [-0.05, 0) is 38.5 Å². The van der Waals surface area contributed by atoms with E-state index in [1.54, 1.807) is 25.1 Å². The molecule has 150 valence electrons. The number of nitrogens with one attached hydrogen (secondary N) is 1. The molecule has 0 saturated carbocycles. The Balaban J connectivity index is 1.98. The number of hydrogen-bond acceptors (Lipinski definition) is 5. The maximum Gasteiger partial charge on any atom is 0.341 e. The quantitative estimate of drug-likeness (QED) is 0.520. The van der Waals surface area contributed by atoms with E-state index < -0.39 is 5.97 Å². The molecule has 0 aliphatic carbocycles. The average Bonchev–Trinajstić information content (AvgIpc) is 3.13. The highest BCUT2D eigenvalue weighted by atomic mass is 32.1. The number of ether oxygens (including phenoxy) is 2. The fraction of sp³-hybridized carbons (Fsp3) is 0.217. The number of carbonyl (C=O) groups is 2. The van der Waals surface area contributed by atoms with Crippen molar-refractivity contribution in [2.45, 2.75) is 20.8 Å². The molecule has 0 unspecified atom stereocenters. The third-order valence-electron chi connectivity index (χ3n) is 4.29. The molecule has 0 spiro atoms. The van der Waals surface area contributed by atoms with Crippen molar-refractivity contribution in [2.24, 2.45) is 0 Å². The molecule has 1 heterocycles. The number of carbonyl (C=O) groups excluding carboxylic acids is 2. The Morgan fingerprint density at radius 3 is 2.41 bits per heavy atom. The topological polar surface area (TPSA) is 64.6 Å². The lowest BCUT2D eigenvalue weighted by molar-refractivity contribution is 0.0529. The van der Waals surface area contributed by atoms with E-state index in [0.717, 1.165) is 16.7 Å². The van der Waals surface area contributed by atoms with Gasteiger partial charge in [-0.25, -0.2) is 4.79 Å². The van der Waals surface area contributed by atoms with Gasteiger partial charge in [-0.2, -0.15) is 0 Å². The highest BCUT2D eigenvalue weighted by Gasteiger charge is 2.24. The van der Waals surface area contributed by atoms with Gasteiger partial charge >= 0.3 is 5.97 Å². The summed E-state index contributed by atoms with van der Waals surface area (Å²) in [5.74, 6) is -0.296. The summed E-state index contributed by atoms with van der Waals surface area (Å²) in [5.41, 5.74) is 3.53. The number of hydrogen-bond donors (Lipinski definition) is 1. The van der Waals surface area contributed by atoms with Crippen LogP contribution in [0, 0.1) is 6.92 Å². The first kappa shape index (κ1) is 20.6. The molecule has 0 fully saturated rings. The molecule has 2 aromatic carbocycles. The van der Waals surface area contributed by atoms with Gasteiger partial charge in [0.15, 0.2) is 0 Å². The molecule has 5 nitrogen and oxygen atoms in total. The van der Waals surface area contributed by atoms with Gasteiger partial charge in [-0.3, -0.25) is 4.79 Å². The van der Waals surface area contributed by atoms with Crippen molar-refractivity contribution in [3.63, 3.8) is 0 Å². The maximum absolute atomic E-state index is 12.9. The summed E-state index contributed by atoms with van der Waals surface area (Å²) in [6.07, 6.45) is 0. The summed E-state index contributed by atoms with van der Waals surface area (Å²) in [7, 11) is 0. The van der Waals surface area contributed by atoms with Crippen molar-refractivity contribution >= 4 is 28.2 Å². The van der Waals surface area contributed by atoms with E-state index in [2.05, 4.69) is 5.32 Å². The monoisotopic (exact) mass is 409 g/mol. The summed E-state index contributed by atoms with van der Waals surface area (Å²) in [5, 5.41) is 5.18. The van der Waals surface area contributed by atoms with Crippen LogP contribution >= 0.6 is 11.3 Å². The van der Waals surface area contributed by atoms with Crippen molar-refractivity contribution in [3.05, 3.63) is 70.6 Å². The van der Waals surface area contributed by atoms with Crippen LogP contribution in [0.25, 0.3) is 11.1 Å². The van der Waals surface area contributed by atoms with Crippen LogP contribution < -0.4 is 10.1 Å². The van der Waals surface area contributed by atoms with E-state index in [-0.39, 0.29) is 12.5 Å². The Bertz CT molecular complexity index is 1010. The molecule has 0 aliphatic heterocycles. The molecule has 0 atom stereocenters. The summed E-state index contributed by atoms with van der Waals surface area (Å²) in [6, 6.07) is 14.9. The Labute approximate surface area is 174 Å². The lowest BCUT2D eigenvalue weighted by Crippen LogP contribution is -2.16. The molecule has 3 rings (SSSR count). The van der Waals surface area contributed by atoms with Gasteiger partial charge in [0, 0.05) is 10.9 Å². The van der Waals surface area contributed by atoms with Gasteiger partial charge in [-0.1, -0.05) is 42.0 Å². The van der Waals surface area contributed by atoms with E-state index in [9.17, 15) is 9.59 Å². The summed E-state index contributed by atoms with van der Waals surface area (Å²) < 4.78 is 10.8. The third-order valence-corrected chi connectivity index (χ3v) is 5.19. The second-order valence-electron chi connectivity index (χ2n) is 6.32. The number of amides is 1. The molecule has 1 amide bonds. The minimum absolute atomic E-state index is 0.253. The van der Waals surface area contributed by atoms with Gasteiger partial charge < -0.3 is 14.8 Å². The normalized spacial score (nSPS) is 10.4. The highest BCUT2D eigenvalue weighted by Crippen LogP contribution is 2.37.